The number of hydrogen-bond acceptors (Lipinski definition) is 2. The maximum Gasteiger partial charge on any atom is 0.0676 e. The van der Waals surface area contributed by atoms with Crippen molar-refractivity contribution < 1.29 is 5.11 Å². The van der Waals surface area contributed by atoms with Gasteiger partial charge in [-0.25, -0.2) is 0 Å². The molecule has 0 heterocycles. The van der Waals surface area contributed by atoms with Crippen molar-refractivity contribution in [3.05, 3.63) is 0 Å². The van der Waals surface area contributed by atoms with E-state index in [0.717, 1.165) is 0 Å². The van der Waals surface area contributed by atoms with E-state index in [0.29, 0.717) is 24.9 Å². The molecule has 0 aliphatic heterocycles. The third-order valence-electron chi connectivity index (χ3n) is 1.20. The highest BCUT2D eigenvalue weighted by atomic mass is 35.5. The zero-order valence-electron chi connectivity index (χ0n) is 6.60. The molecule has 3 heteroatoms. The summed E-state index contributed by atoms with van der Waals surface area (Å²) < 4.78 is 0. The van der Waals surface area contributed by atoms with Gasteiger partial charge in [0, 0.05) is 18.5 Å². The Morgan fingerprint density at radius 2 is 2.10 bits per heavy atom. The van der Waals surface area contributed by atoms with Crippen LogP contribution in [0, 0.1) is 0 Å². The van der Waals surface area contributed by atoms with E-state index in [1.54, 1.807) is 0 Å². The molecule has 0 aliphatic carbocycles. The average Bonchev–Trinajstić information content (AvgIpc) is 1.85. The van der Waals surface area contributed by atoms with Crippen LogP contribution in [-0.4, -0.2) is 29.7 Å². The molecule has 2 N–H and O–H groups in total. The maximum absolute atomic E-state index is 9.15. The van der Waals surface area contributed by atoms with Crippen LogP contribution < -0.4 is 5.32 Å². The molecule has 0 saturated carbocycles. The van der Waals surface area contributed by atoms with E-state index < -0.39 is 0 Å². The van der Waals surface area contributed by atoms with Crippen LogP contribution in [-0.2, 0) is 0 Å². The van der Waals surface area contributed by atoms with Crippen molar-refractivity contribution in [2.75, 3.05) is 12.4 Å². The third-order valence-corrected chi connectivity index (χ3v) is 1.42. The molecule has 62 valence electrons. The molecule has 0 amide bonds. The van der Waals surface area contributed by atoms with Gasteiger partial charge in [0.15, 0.2) is 0 Å². The first-order valence-electron chi connectivity index (χ1n) is 3.64. The van der Waals surface area contributed by atoms with Crippen LogP contribution in [0.25, 0.3) is 0 Å². The Bertz CT molecular complexity index is 78.0. The molecule has 0 fully saturated rings. The van der Waals surface area contributed by atoms with Gasteiger partial charge in [0.1, 0.15) is 0 Å². The molecular weight excluding hydrogens is 150 g/mol. The summed E-state index contributed by atoms with van der Waals surface area (Å²) in [5, 5.41) is 12.3. The van der Waals surface area contributed by atoms with Gasteiger partial charge in [-0.05, 0) is 6.42 Å². The molecule has 0 radical (unpaired) electrons. The Labute approximate surface area is 67.6 Å². The number of nitrogens with one attached hydrogen (secondary N) is 1. The van der Waals surface area contributed by atoms with Crippen molar-refractivity contribution >= 4 is 11.6 Å². The lowest BCUT2D eigenvalue weighted by atomic mass is 10.2. The molecule has 1 atom stereocenters. The lowest BCUT2D eigenvalue weighted by Gasteiger charge is -2.12. The highest BCUT2D eigenvalue weighted by molar-refractivity contribution is 6.17. The van der Waals surface area contributed by atoms with Gasteiger partial charge in [0.05, 0.1) is 6.10 Å². The van der Waals surface area contributed by atoms with Gasteiger partial charge in [0.25, 0.3) is 0 Å². The van der Waals surface area contributed by atoms with Crippen LogP contribution in [0.15, 0.2) is 0 Å². The van der Waals surface area contributed by atoms with E-state index in [-0.39, 0.29) is 6.10 Å². The topological polar surface area (TPSA) is 32.3 Å². The average molecular weight is 166 g/mol. The van der Waals surface area contributed by atoms with Crippen molar-refractivity contribution in [2.24, 2.45) is 0 Å². The van der Waals surface area contributed by atoms with Gasteiger partial charge in [-0.2, -0.15) is 0 Å². The Balaban J connectivity index is 3.12. The Kier molecular flexibility index (Phi) is 6.08. The quantitative estimate of drug-likeness (QED) is 0.596. The summed E-state index contributed by atoms with van der Waals surface area (Å²) in [7, 11) is 0. The molecule has 0 bridgehead atoms. The van der Waals surface area contributed by atoms with E-state index in [4.69, 9.17) is 16.7 Å². The molecule has 0 aliphatic rings. The van der Waals surface area contributed by atoms with Crippen molar-refractivity contribution in [2.45, 2.75) is 32.4 Å². The highest BCUT2D eigenvalue weighted by Gasteiger charge is 2.02. The lowest BCUT2D eigenvalue weighted by molar-refractivity contribution is 0.165. The molecule has 1 unspecified atom stereocenters. The van der Waals surface area contributed by atoms with E-state index in [9.17, 15) is 0 Å². The number of halogens is 1. The molecule has 0 aromatic carbocycles. The first-order valence-corrected chi connectivity index (χ1v) is 4.17. The van der Waals surface area contributed by atoms with Crippen molar-refractivity contribution in [3.8, 4) is 0 Å². The van der Waals surface area contributed by atoms with Crippen molar-refractivity contribution in [1.29, 1.82) is 0 Å². The number of aliphatic hydroxyl groups excluding tert-OH is 1. The fourth-order valence-electron chi connectivity index (χ4n) is 0.600. The monoisotopic (exact) mass is 165 g/mol. The van der Waals surface area contributed by atoms with Gasteiger partial charge in [-0.1, -0.05) is 13.8 Å². The van der Waals surface area contributed by atoms with Crippen LogP contribution in [0.1, 0.15) is 20.3 Å². The third kappa shape index (κ3) is 6.33. The zero-order chi connectivity index (χ0) is 7.98. The fraction of sp³-hybridized carbons (Fsp3) is 1.00. The molecular formula is C7H16ClNO. The smallest absolute Gasteiger partial charge is 0.0676 e. The summed E-state index contributed by atoms with van der Waals surface area (Å²) in [4.78, 5) is 0. The second-order valence-electron chi connectivity index (χ2n) is 2.69. The predicted octanol–water partition coefficient (Wildman–Crippen LogP) is 0.974. The number of rotatable bonds is 5. The minimum Gasteiger partial charge on any atom is -0.392 e. The van der Waals surface area contributed by atoms with Crippen LogP contribution in [0.5, 0.6) is 0 Å². The van der Waals surface area contributed by atoms with Gasteiger partial charge < -0.3 is 10.4 Å². The first kappa shape index (κ1) is 10.2. The number of hydrogen-bond donors (Lipinski definition) is 2. The highest BCUT2D eigenvalue weighted by Crippen LogP contribution is 1.92. The minimum atomic E-state index is -0.292. The van der Waals surface area contributed by atoms with Crippen LogP contribution in [0.4, 0.5) is 0 Å². The van der Waals surface area contributed by atoms with Crippen LogP contribution in [0.2, 0.25) is 0 Å². The standard InChI is InChI=1S/C7H16ClNO/c1-6(2)9-5-7(10)3-4-8/h6-7,9-10H,3-5H2,1-2H3. The summed E-state index contributed by atoms with van der Waals surface area (Å²) >= 11 is 5.42. The Morgan fingerprint density at radius 1 is 1.50 bits per heavy atom. The van der Waals surface area contributed by atoms with E-state index >= 15 is 0 Å². The molecule has 0 spiro atoms. The van der Waals surface area contributed by atoms with Crippen molar-refractivity contribution in [3.63, 3.8) is 0 Å². The first-order chi connectivity index (χ1) is 4.66. The summed E-state index contributed by atoms with van der Waals surface area (Å²) in [5.74, 6) is 0.529. The van der Waals surface area contributed by atoms with Gasteiger partial charge in [0.2, 0.25) is 0 Å². The molecule has 0 aromatic heterocycles. The second-order valence-corrected chi connectivity index (χ2v) is 3.07. The fourth-order valence-corrected chi connectivity index (χ4v) is 0.852. The summed E-state index contributed by atoms with van der Waals surface area (Å²) in [6.45, 7) is 4.74. The van der Waals surface area contributed by atoms with Gasteiger partial charge in [-0.15, -0.1) is 11.6 Å². The maximum atomic E-state index is 9.15. The normalized spacial score (nSPS) is 14.1. The largest absolute Gasteiger partial charge is 0.392 e. The van der Waals surface area contributed by atoms with Crippen LogP contribution in [0.3, 0.4) is 0 Å². The Hall–Kier alpha value is 0.210. The van der Waals surface area contributed by atoms with E-state index in [1.807, 2.05) is 13.8 Å². The lowest BCUT2D eigenvalue weighted by Crippen LogP contribution is -2.32. The Morgan fingerprint density at radius 3 is 2.50 bits per heavy atom. The van der Waals surface area contributed by atoms with Gasteiger partial charge >= 0.3 is 0 Å². The summed E-state index contributed by atoms with van der Waals surface area (Å²) in [6, 6.07) is 0.435. The van der Waals surface area contributed by atoms with Gasteiger partial charge in [-0.3, -0.25) is 0 Å². The molecule has 10 heavy (non-hydrogen) atoms. The zero-order valence-corrected chi connectivity index (χ0v) is 7.36. The minimum absolute atomic E-state index is 0.292. The molecule has 0 saturated heterocycles. The molecule has 0 rings (SSSR count). The van der Waals surface area contributed by atoms with E-state index in [1.165, 1.54) is 0 Å². The predicted molar refractivity (Wildman–Crippen MR) is 44.5 cm³/mol. The SMILES string of the molecule is CC(C)NCC(O)CCCl. The molecule has 0 aromatic rings. The van der Waals surface area contributed by atoms with E-state index in [2.05, 4.69) is 5.32 Å². The summed E-state index contributed by atoms with van der Waals surface area (Å²) in [5.41, 5.74) is 0. The summed E-state index contributed by atoms with van der Waals surface area (Å²) in [6.07, 6.45) is 0.376. The number of aliphatic hydroxyl groups is 1. The second kappa shape index (κ2) is 5.96. The molecule has 2 nitrogen and oxygen atoms in total. The van der Waals surface area contributed by atoms with Crippen LogP contribution >= 0.6 is 11.6 Å². The number of alkyl halides is 1. The van der Waals surface area contributed by atoms with Crippen molar-refractivity contribution in [1.82, 2.24) is 5.32 Å².